The van der Waals surface area contributed by atoms with Crippen LogP contribution in [0.3, 0.4) is 0 Å². The standard InChI is InChI=1S/C18H30OS/c1-17(2,3)14-11-13(9-8-10-20-7)12-15(16(14)19)18(4,5)6/h11-12,19H,8-10H2,1-7H3. The van der Waals surface area contributed by atoms with Gasteiger partial charge in [0.15, 0.2) is 0 Å². The Morgan fingerprint density at radius 1 is 0.950 bits per heavy atom. The molecule has 0 aliphatic carbocycles. The van der Waals surface area contributed by atoms with Crippen molar-refractivity contribution in [1.29, 1.82) is 0 Å². The van der Waals surface area contributed by atoms with Crippen LogP contribution in [-0.4, -0.2) is 17.1 Å². The number of hydrogen-bond acceptors (Lipinski definition) is 2. The second-order valence-electron chi connectivity index (χ2n) is 7.64. The van der Waals surface area contributed by atoms with Gasteiger partial charge in [0.1, 0.15) is 5.75 Å². The summed E-state index contributed by atoms with van der Waals surface area (Å²) in [6, 6.07) is 4.40. The minimum absolute atomic E-state index is 0.0282. The summed E-state index contributed by atoms with van der Waals surface area (Å²) in [6.07, 6.45) is 4.43. The molecule has 1 nitrogen and oxygen atoms in total. The molecule has 20 heavy (non-hydrogen) atoms. The molecule has 1 aromatic rings. The summed E-state index contributed by atoms with van der Waals surface area (Å²) in [6.45, 7) is 13.0. The van der Waals surface area contributed by atoms with E-state index in [1.54, 1.807) is 0 Å². The lowest BCUT2D eigenvalue weighted by Crippen LogP contribution is -2.18. The third kappa shape index (κ3) is 4.44. The van der Waals surface area contributed by atoms with Crippen molar-refractivity contribution < 1.29 is 5.11 Å². The molecule has 0 atom stereocenters. The van der Waals surface area contributed by atoms with Crippen LogP contribution >= 0.6 is 11.8 Å². The van der Waals surface area contributed by atoms with Crippen molar-refractivity contribution in [2.24, 2.45) is 0 Å². The maximum absolute atomic E-state index is 10.7. The van der Waals surface area contributed by atoms with Gasteiger partial charge < -0.3 is 5.11 Å². The second-order valence-corrected chi connectivity index (χ2v) is 8.62. The van der Waals surface area contributed by atoms with Crippen LogP contribution in [0.4, 0.5) is 0 Å². The quantitative estimate of drug-likeness (QED) is 0.762. The number of phenolic OH excluding ortho intramolecular Hbond substituents is 1. The number of aryl methyl sites for hydroxylation is 1. The zero-order valence-corrected chi connectivity index (χ0v) is 14.9. The van der Waals surface area contributed by atoms with E-state index >= 15 is 0 Å². The molecule has 0 amide bonds. The lowest BCUT2D eigenvalue weighted by atomic mass is 9.78. The molecule has 0 fully saturated rings. The van der Waals surface area contributed by atoms with Crippen molar-refractivity contribution in [1.82, 2.24) is 0 Å². The highest BCUT2D eigenvalue weighted by molar-refractivity contribution is 7.98. The summed E-state index contributed by atoms with van der Waals surface area (Å²) in [7, 11) is 0. The average Bonchev–Trinajstić information content (AvgIpc) is 2.28. The normalized spacial score (nSPS) is 12.8. The van der Waals surface area contributed by atoms with Gasteiger partial charge in [0.05, 0.1) is 0 Å². The summed E-state index contributed by atoms with van der Waals surface area (Å²) in [4.78, 5) is 0. The largest absolute Gasteiger partial charge is 0.507 e. The molecule has 2 heteroatoms. The van der Waals surface area contributed by atoms with E-state index in [0.29, 0.717) is 5.75 Å². The Morgan fingerprint density at radius 2 is 1.40 bits per heavy atom. The molecular formula is C18H30OS. The molecular weight excluding hydrogens is 264 g/mol. The molecule has 1 rings (SSSR count). The molecule has 0 heterocycles. The SMILES string of the molecule is CSCCCc1cc(C(C)(C)C)c(O)c(C(C)(C)C)c1. The zero-order valence-electron chi connectivity index (χ0n) is 14.1. The Kier molecular flexibility index (Phi) is 5.60. The molecule has 1 N–H and O–H groups in total. The van der Waals surface area contributed by atoms with E-state index in [2.05, 4.69) is 59.9 Å². The van der Waals surface area contributed by atoms with Crippen LogP contribution in [0.2, 0.25) is 0 Å². The minimum Gasteiger partial charge on any atom is -0.507 e. The fourth-order valence-electron chi connectivity index (χ4n) is 2.40. The van der Waals surface area contributed by atoms with Crippen LogP contribution in [0, 0.1) is 0 Å². The van der Waals surface area contributed by atoms with Gasteiger partial charge in [-0.1, -0.05) is 53.7 Å². The molecule has 1 aromatic carbocycles. The molecule has 0 spiro atoms. The van der Waals surface area contributed by atoms with Crippen LogP contribution in [0.1, 0.15) is 64.7 Å². The fourth-order valence-corrected chi connectivity index (χ4v) is 2.84. The molecule has 0 aliphatic heterocycles. The van der Waals surface area contributed by atoms with Gasteiger partial charge in [0, 0.05) is 0 Å². The van der Waals surface area contributed by atoms with E-state index in [1.807, 2.05) is 11.8 Å². The topological polar surface area (TPSA) is 20.2 Å². The first kappa shape index (κ1) is 17.4. The van der Waals surface area contributed by atoms with Crippen LogP contribution < -0.4 is 0 Å². The predicted octanol–water partition coefficient (Wildman–Crippen LogP) is 5.28. The van der Waals surface area contributed by atoms with Crippen LogP contribution in [0.15, 0.2) is 12.1 Å². The highest BCUT2D eigenvalue weighted by atomic mass is 32.2. The van der Waals surface area contributed by atoms with Crippen molar-refractivity contribution in [2.75, 3.05) is 12.0 Å². The number of benzene rings is 1. The van der Waals surface area contributed by atoms with Gasteiger partial charge in [0.2, 0.25) is 0 Å². The fraction of sp³-hybridized carbons (Fsp3) is 0.667. The monoisotopic (exact) mass is 294 g/mol. The molecule has 114 valence electrons. The average molecular weight is 295 g/mol. The molecule has 0 aromatic heterocycles. The minimum atomic E-state index is -0.0282. The maximum atomic E-state index is 10.7. The van der Waals surface area contributed by atoms with Crippen molar-refractivity contribution >= 4 is 11.8 Å². The molecule has 0 bridgehead atoms. The van der Waals surface area contributed by atoms with Gasteiger partial charge in [-0.25, -0.2) is 0 Å². The Balaban J connectivity index is 3.28. The highest BCUT2D eigenvalue weighted by Crippen LogP contribution is 2.39. The Morgan fingerprint density at radius 3 is 1.75 bits per heavy atom. The maximum Gasteiger partial charge on any atom is 0.123 e. The van der Waals surface area contributed by atoms with Crippen molar-refractivity contribution in [3.05, 3.63) is 28.8 Å². The third-order valence-corrected chi connectivity index (χ3v) is 4.30. The summed E-state index contributed by atoms with van der Waals surface area (Å²) >= 11 is 1.89. The number of hydrogen-bond donors (Lipinski definition) is 1. The smallest absolute Gasteiger partial charge is 0.123 e. The predicted molar refractivity (Wildman–Crippen MR) is 92.2 cm³/mol. The summed E-state index contributed by atoms with van der Waals surface area (Å²) in [5, 5.41) is 10.7. The number of thioether (sulfide) groups is 1. The van der Waals surface area contributed by atoms with E-state index in [0.717, 1.165) is 17.5 Å². The Hall–Kier alpha value is -0.630. The van der Waals surface area contributed by atoms with Gasteiger partial charge in [-0.3, -0.25) is 0 Å². The lowest BCUT2D eigenvalue weighted by Gasteiger charge is -2.28. The molecule has 0 saturated heterocycles. The van der Waals surface area contributed by atoms with Gasteiger partial charge in [-0.15, -0.1) is 0 Å². The van der Waals surface area contributed by atoms with Gasteiger partial charge in [-0.05, 0) is 52.4 Å². The molecule has 0 unspecified atom stereocenters. The van der Waals surface area contributed by atoms with Crippen molar-refractivity contribution in [3.63, 3.8) is 0 Å². The van der Waals surface area contributed by atoms with Gasteiger partial charge in [0.25, 0.3) is 0 Å². The van der Waals surface area contributed by atoms with E-state index in [-0.39, 0.29) is 10.8 Å². The Labute approximate surface area is 129 Å². The summed E-state index contributed by atoms with van der Waals surface area (Å²) < 4.78 is 0. The zero-order chi connectivity index (χ0) is 15.6. The van der Waals surface area contributed by atoms with E-state index in [1.165, 1.54) is 17.7 Å². The highest BCUT2D eigenvalue weighted by Gasteiger charge is 2.26. The van der Waals surface area contributed by atoms with Crippen LogP contribution in [-0.2, 0) is 17.3 Å². The molecule has 0 aliphatic rings. The second kappa shape index (κ2) is 6.43. The van der Waals surface area contributed by atoms with Gasteiger partial charge in [-0.2, -0.15) is 11.8 Å². The van der Waals surface area contributed by atoms with E-state index < -0.39 is 0 Å². The van der Waals surface area contributed by atoms with Gasteiger partial charge >= 0.3 is 0 Å². The van der Waals surface area contributed by atoms with Crippen molar-refractivity contribution in [2.45, 2.75) is 65.2 Å². The number of phenols is 1. The first-order valence-electron chi connectivity index (χ1n) is 7.43. The summed E-state index contributed by atoms with van der Waals surface area (Å²) in [5.74, 6) is 1.68. The first-order chi connectivity index (χ1) is 9.07. The number of rotatable bonds is 4. The van der Waals surface area contributed by atoms with Crippen LogP contribution in [0.5, 0.6) is 5.75 Å². The van der Waals surface area contributed by atoms with E-state index in [4.69, 9.17) is 0 Å². The molecule has 0 saturated carbocycles. The van der Waals surface area contributed by atoms with Crippen LogP contribution in [0.25, 0.3) is 0 Å². The van der Waals surface area contributed by atoms with E-state index in [9.17, 15) is 5.11 Å². The molecule has 0 radical (unpaired) electrons. The Bertz CT molecular complexity index is 414. The third-order valence-electron chi connectivity index (χ3n) is 3.60. The first-order valence-corrected chi connectivity index (χ1v) is 8.82. The van der Waals surface area contributed by atoms with Crippen molar-refractivity contribution in [3.8, 4) is 5.75 Å². The lowest BCUT2D eigenvalue weighted by molar-refractivity contribution is 0.422. The number of aromatic hydroxyl groups is 1. The summed E-state index contributed by atoms with van der Waals surface area (Å²) in [5.41, 5.74) is 3.44.